The normalized spacial score (nSPS) is 10.7. The summed E-state index contributed by atoms with van der Waals surface area (Å²) in [6, 6.07) is 0. The Bertz CT molecular complexity index is 243. The Morgan fingerprint density at radius 2 is 2.00 bits per heavy atom. The smallest absolute Gasteiger partial charge is 0.212 e. The van der Waals surface area contributed by atoms with Crippen molar-refractivity contribution in [3.05, 3.63) is 11.8 Å². The van der Waals surface area contributed by atoms with E-state index in [0.29, 0.717) is 5.88 Å². The van der Waals surface area contributed by atoms with Gasteiger partial charge in [0.2, 0.25) is 5.88 Å². The highest BCUT2D eigenvalue weighted by molar-refractivity contribution is 5.22. The number of aromatic nitrogens is 2. The highest BCUT2D eigenvalue weighted by Gasteiger charge is 2.07. The minimum Gasteiger partial charge on any atom is -0.493 e. The van der Waals surface area contributed by atoms with Gasteiger partial charge < -0.3 is 5.11 Å². The summed E-state index contributed by atoms with van der Waals surface area (Å²) < 4.78 is 1.70. The van der Waals surface area contributed by atoms with Crippen LogP contribution in [0, 0.1) is 0 Å². The predicted molar refractivity (Wildman–Crippen MR) is 57.4 cm³/mol. The van der Waals surface area contributed by atoms with Gasteiger partial charge in [-0.25, -0.2) is 4.68 Å². The van der Waals surface area contributed by atoms with Crippen LogP contribution in [-0.4, -0.2) is 14.9 Å². The van der Waals surface area contributed by atoms with Crippen molar-refractivity contribution in [1.82, 2.24) is 9.78 Å². The molecule has 0 aliphatic heterocycles. The minimum atomic E-state index is 0.368. The van der Waals surface area contributed by atoms with Crippen molar-refractivity contribution in [2.24, 2.45) is 0 Å². The molecule has 0 bridgehead atoms. The average Bonchev–Trinajstić information content (AvgIpc) is 2.54. The van der Waals surface area contributed by atoms with Gasteiger partial charge in [0.15, 0.2) is 0 Å². The predicted octanol–water partition coefficient (Wildman–Crippen LogP) is 2.73. The molecule has 80 valence electrons. The van der Waals surface area contributed by atoms with E-state index in [4.69, 9.17) is 0 Å². The largest absolute Gasteiger partial charge is 0.493 e. The molecule has 0 aliphatic carbocycles. The van der Waals surface area contributed by atoms with Crippen LogP contribution < -0.4 is 0 Å². The number of aryl methyl sites for hydroxylation is 2. The lowest BCUT2D eigenvalue weighted by Gasteiger charge is -2.02. The van der Waals surface area contributed by atoms with Gasteiger partial charge >= 0.3 is 0 Å². The van der Waals surface area contributed by atoms with E-state index in [2.05, 4.69) is 18.9 Å². The highest BCUT2D eigenvalue weighted by Crippen LogP contribution is 2.18. The summed E-state index contributed by atoms with van der Waals surface area (Å²) in [5.74, 6) is 0.368. The van der Waals surface area contributed by atoms with Crippen LogP contribution in [0.4, 0.5) is 0 Å². The molecular formula is C11H20N2O. The van der Waals surface area contributed by atoms with Gasteiger partial charge in [0.1, 0.15) is 0 Å². The monoisotopic (exact) mass is 196 g/mol. The lowest BCUT2D eigenvalue weighted by Crippen LogP contribution is -1.98. The van der Waals surface area contributed by atoms with Gasteiger partial charge in [-0.3, -0.25) is 0 Å². The third-order valence-corrected chi connectivity index (χ3v) is 2.41. The Morgan fingerprint density at radius 3 is 2.64 bits per heavy atom. The molecule has 1 aromatic heterocycles. The average molecular weight is 196 g/mol. The fourth-order valence-electron chi connectivity index (χ4n) is 1.43. The molecule has 14 heavy (non-hydrogen) atoms. The minimum absolute atomic E-state index is 0.368. The number of nitrogens with zero attached hydrogens (tertiary/aromatic N) is 2. The summed E-state index contributed by atoms with van der Waals surface area (Å²) in [5.41, 5.74) is 0.989. The molecule has 3 nitrogen and oxygen atoms in total. The molecule has 3 heteroatoms. The summed E-state index contributed by atoms with van der Waals surface area (Å²) >= 11 is 0. The van der Waals surface area contributed by atoms with Crippen LogP contribution in [0.5, 0.6) is 5.88 Å². The number of hydrogen-bond donors (Lipinski definition) is 1. The van der Waals surface area contributed by atoms with Gasteiger partial charge in [-0.15, -0.1) is 0 Å². The van der Waals surface area contributed by atoms with E-state index < -0.39 is 0 Å². The van der Waals surface area contributed by atoms with Crippen molar-refractivity contribution in [1.29, 1.82) is 0 Å². The van der Waals surface area contributed by atoms with Crippen LogP contribution in [0.25, 0.3) is 0 Å². The van der Waals surface area contributed by atoms with Crippen LogP contribution in [0.3, 0.4) is 0 Å². The summed E-state index contributed by atoms with van der Waals surface area (Å²) in [4.78, 5) is 0. The first kappa shape index (κ1) is 11.1. The molecular weight excluding hydrogens is 176 g/mol. The third-order valence-electron chi connectivity index (χ3n) is 2.41. The topological polar surface area (TPSA) is 38.0 Å². The molecule has 0 fully saturated rings. The second-order valence-electron chi connectivity index (χ2n) is 3.67. The lowest BCUT2D eigenvalue weighted by molar-refractivity contribution is 0.389. The summed E-state index contributed by atoms with van der Waals surface area (Å²) in [7, 11) is 0. The molecule has 1 rings (SSSR count). The Labute approximate surface area is 85.8 Å². The number of unbranched alkanes of at least 4 members (excludes halogenated alkanes) is 2. The standard InChI is InChI=1S/C11H20N2O/c1-3-5-7-10-9-12-13(11(10)14)8-6-4-2/h9,14H,3-8H2,1-2H3. The van der Waals surface area contributed by atoms with E-state index in [0.717, 1.165) is 44.2 Å². The molecule has 1 heterocycles. The van der Waals surface area contributed by atoms with Crippen LogP contribution in [-0.2, 0) is 13.0 Å². The van der Waals surface area contributed by atoms with Crippen LogP contribution in [0.1, 0.15) is 45.1 Å². The quantitative estimate of drug-likeness (QED) is 0.759. The zero-order chi connectivity index (χ0) is 10.4. The van der Waals surface area contributed by atoms with Crippen molar-refractivity contribution in [2.45, 2.75) is 52.5 Å². The molecule has 0 saturated heterocycles. The molecule has 1 aromatic rings. The van der Waals surface area contributed by atoms with Crippen molar-refractivity contribution in [3.8, 4) is 5.88 Å². The Kier molecular flexibility index (Phi) is 4.50. The molecule has 0 aliphatic rings. The van der Waals surface area contributed by atoms with Crippen molar-refractivity contribution >= 4 is 0 Å². The summed E-state index contributed by atoms with van der Waals surface area (Å²) in [5, 5.41) is 14.0. The van der Waals surface area contributed by atoms with Gasteiger partial charge in [-0.05, 0) is 19.3 Å². The highest BCUT2D eigenvalue weighted by atomic mass is 16.3. The van der Waals surface area contributed by atoms with E-state index in [1.54, 1.807) is 10.9 Å². The molecule has 1 N–H and O–H groups in total. The molecule has 0 unspecified atom stereocenters. The number of hydrogen-bond acceptors (Lipinski definition) is 2. The van der Waals surface area contributed by atoms with Gasteiger partial charge in [0.05, 0.1) is 6.20 Å². The summed E-state index contributed by atoms with van der Waals surface area (Å²) in [6.07, 6.45) is 7.20. The third kappa shape index (κ3) is 2.76. The van der Waals surface area contributed by atoms with E-state index in [1.807, 2.05) is 0 Å². The SMILES string of the molecule is CCCCc1cnn(CCCC)c1O. The zero-order valence-electron chi connectivity index (χ0n) is 9.16. The fourth-order valence-corrected chi connectivity index (χ4v) is 1.43. The maximum Gasteiger partial charge on any atom is 0.212 e. The summed E-state index contributed by atoms with van der Waals surface area (Å²) in [6.45, 7) is 5.12. The molecule has 0 amide bonds. The zero-order valence-corrected chi connectivity index (χ0v) is 9.16. The Morgan fingerprint density at radius 1 is 1.29 bits per heavy atom. The molecule has 0 saturated carbocycles. The maximum absolute atomic E-state index is 9.78. The molecule has 0 aromatic carbocycles. The van der Waals surface area contributed by atoms with Crippen molar-refractivity contribution in [2.75, 3.05) is 0 Å². The second-order valence-corrected chi connectivity index (χ2v) is 3.67. The van der Waals surface area contributed by atoms with Gasteiger partial charge in [-0.2, -0.15) is 5.10 Å². The Hall–Kier alpha value is -0.990. The molecule has 0 atom stereocenters. The fraction of sp³-hybridized carbons (Fsp3) is 0.727. The van der Waals surface area contributed by atoms with Crippen molar-refractivity contribution in [3.63, 3.8) is 0 Å². The lowest BCUT2D eigenvalue weighted by atomic mass is 10.1. The molecule has 0 radical (unpaired) electrons. The second kappa shape index (κ2) is 5.68. The van der Waals surface area contributed by atoms with E-state index in [9.17, 15) is 5.11 Å². The van der Waals surface area contributed by atoms with Crippen LogP contribution >= 0.6 is 0 Å². The van der Waals surface area contributed by atoms with Crippen LogP contribution in [0.2, 0.25) is 0 Å². The first-order valence-corrected chi connectivity index (χ1v) is 5.53. The van der Waals surface area contributed by atoms with E-state index in [-0.39, 0.29) is 0 Å². The number of aromatic hydroxyl groups is 1. The van der Waals surface area contributed by atoms with Crippen LogP contribution in [0.15, 0.2) is 6.20 Å². The van der Waals surface area contributed by atoms with E-state index in [1.165, 1.54) is 0 Å². The number of rotatable bonds is 6. The first-order valence-electron chi connectivity index (χ1n) is 5.53. The van der Waals surface area contributed by atoms with Gasteiger partial charge in [-0.1, -0.05) is 26.7 Å². The molecule has 0 spiro atoms. The van der Waals surface area contributed by atoms with Gasteiger partial charge in [0.25, 0.3) is 0 Å². The van der Waals surface area contributed by atoms with Crippen molar-refractivity contribution < 1.29 is 5.11 Å². The van der Waals surface area contributed by atoms with E-state index >= 15 is 0 Å². The maximum atomic E-state index is 9.78. The first-order chi connectivity index (χ1) is 6.79. The Balaban J connectivity index is 2.55. The van der Waals surface area contributed by atoms with Gasteiger partial charge in [0, 0.05) is 12.1 Å².